The highest BCUT2D eigenvalue weighted by atomic mass is 28.4. The minimum atomic E-state index is -1.72. The number of methoxy groups -OCH3 is 1. The quantitative estimate of drug-likeness (QED) is 0.429. The average Bonchev–Trinajstić information content (AvgIpc) is 2.88. The molecule has 2 rings (SSSR count). The Bertz CT molecular complexity index is 352. The lowest BCUT2D eigenvalue weighted by Gasteiger charge is -2.38. The van der Waals surface area contributed by atoms with Gasteiger partial charge < -0.3 is 18.6 Å². The number of epoxide rings is 1. The van der Waals surface area contributed by atoms with Gasteiger partial charge in [0.25, 0.3) is 0 Å². The van der Waals surface area contributed by atoms with Gasteiger partial charge in [-0.15, -0.1) is 0 Å². The van der Waals surface area contributed by atoms with Crippen molar-refractivity contribution in [2.75, 3.05) is 20.5 Å². The van der Waals surface area contributed by atoms with Crippen molar-refractivity contribution in [1.82, 2.24) is 0 Å². The molecule has 1 saturated heterocycles. The second-order valence-electron chi connectivity index (χ2n) is 7.82. The summed E-state index contributed by atoms with van der Waals surface area (Å²) in [5.41, 5.74) is -0.0409. The molecule has 2 aliphatic rings. The average molecular weight is 302 g/mol. The SMILES string of the molecule is COCO[C@H]1C[C@H]2O[C@@]2(C)[C@@H]1CO[Si](C)(C)C(C)(C)C. The maximum absolute atomic E-state index is 6.39. The van der Waals surface area contributed by atoms with Crippen LogP contribution >= 0.6 is 0 Å². The van der Waals surface area contributed by atoms with Crippen LogP contribution in [0.5, 0.6) is 0 Å². The molecule has 0 amide bonds. The van der Waals surface area contributed by atoms with E-state index < -0.39 is 8.32 Å². The van der Waals surface area contributed by atoms with Crippen LogP contribution in [0.2, 0.25) is 18.1 Å². The molecule has 118 valence electrons. The molecule has 4 atom stereocenters. The standard InChI is InChI=1S/C15H30O4Si/c1-14(2,3)20(6,7)18-9-11-12(17-10-16-5)8-13-15(11,4)19-13/h11-13H,8-10H2,1-7H3/t11-,12+,13-,15+/m1/s1. The summed E-state index contributed by atoms with van der Waals surface area (Å²) in [5.74, 6) is 0.316. The number of hydrogen-bond acceptors (Lipinski definition) is 4. The molecule has 0 bridgehead atoms. The Hall–Kier alpha value is 0.0569. The predicted molar refractivity (Wildman–Crippen MR) is 81.3 cm³/mol. The van der Waals surface area contributed by atoms with Crippen LogP contribution in [0.1, 0.15) is 34.1 Å². The van der Waals surface area contributed by atoms with Crippen LogP contribution in [-0.2, 0) is 18.6 Å². The monoisotopic (exact) mass is 302 g/mol. The molecular weight excluding hydrogens is 272 g/mol. The van der Waals surface area contributed by atoms with Crippen LogP contribution in [0.3, 0.4) is 0 Å². The molecule has 0 aromatic heterocycles. The molecular formula is C15H30O4Si. The third kappa shape index (κ3) is 2.97. The van der Waals surface area contributed by atoms with Crippen LogP contribution in [0.15, 0.2) is 0 Å². The highest BCUT2D eigenvalue weighted by Gasteiger charge is 2.66. The smallest absolute Gasteiger partial charge is 0.191 e. The summed E-state index contributed by atoms with van der Waals surface area (Å²) >= 11 is 0. The maximum Gasteiger partial charge on any atom is 0.191 e. The first-order chi connectivity index (χ1) is 9.12. The van der Waals surface area contributed by atoms with Gasteiger partial charge in [0.05, 0.1) is 17.8 Å². The van der Waals surface area contributed by atoms with Gasteiger partial charge in [0.1, 0.15) is 6.79 Å². The Morgan fingerprint density at radius 1 is 1.30 bits per heavy atom. The molecule has 4 nitrogen and oxygen atoms in total. The molecule has 0 N–H and O–H groups in total. The van der Waals surface area contributed by atoms with Gasteiger partial charge >= 0.3 is 0 Å². The van der Waals surface area contributed by atoms with Gasteiger partial charge in [0, 0.05) is 26.1 Å². The summed E-state index contributed by atoms with van der Waals surface area (Å²) in [6.45, 7) is 14.7. The third-order valence-electron chi connectivity index (χ3n) is 5.44. The Morgan fingerprint density at radius 2 is 1.95 bits per heavy atom. The van der Waals surface area contributed by atoms with Crippen molar-refractivity contribution in [1.29, 1.82) is 0 Å². The van der Waals surface area contributed by atoms with Crippen LogP contribution in [0, 0.1) is 5.92 Å². The molecule has 0 unspecified atom stereocenters. The first-order valence-electron chi connectivity index (χ1n) is 7.54. The van der Waals surface area contributed by atoms with Crippen molar-refractivity contribution in [2.45, 2.75) is 70.1 Å². The molecule has 1 heterocycles. The van der Waals surface area contributed by atoms with E-state index in [0.29, 0.717) is 18.8 Å². The Kier molecular flexibility index (Phi) is 4.40. The van der Waals surface area contributed by atoms with Crippen LogP contribution in [0.4, 0.5) is 0 Å². The predicted octanol–water partition coefficient (Wildman–Crippen LogP) is 3.17. The van der Waals surface area contributed by atoms with Crippen molar-refractivity contribution in [3.63, 3.8) is 0 Å². The first-order valence-corrected chi connectivity index (χ1v) is 10.4. The lowest BCUT2D eigenvalue weighted by Crippen LogP contribution is -2.44. The summed E-state index contributed by atoms with van der Waals surface area (Å²) in [6.07, 6.45) is 1.51. The van der Waals surface area contributed by atoms with Gasteiger partial charge in [-0.2, -0.15) is 0 Å². The van der Waals surface area contributed by atoms with Gasteiger partial charge in [0.15, 0.2) is 8.32 Å². The van der Waals surface area contributed by atoms with Gasteiger partial charge in [-0.1, -0.05) is 20.8 Å². The molecule has 5 heteroatoms. The molecule has 20 heavy (non-hydrogen) atoms. The zero-order chi connectivity index (χ0) is 15.2. The summed E-state index contributed by atoms with van der Waals surface area (Å²) in [6, 6.07) is 0. The highest BCUT2D eigenvalue weighted by Crippen LogP contribution is 2.54. The molecule has 0 radical (unpaired) electrons. The van der Waals surface area contributed by atoms with Crippen molar-refractivity contribution >= 4 is 8.32 Å². The maximum atomic E-state index is 6.39. The largest absolute Gasteiger partial charge is 0.416 e. The van der Waals surface area contributed by atoms with E-state index in [-0.39, 0.29) is 16.7 Å². The molecule has 1 aliphatic carbocycles. The molecule has 0 aromatic rings. The van der Waals surface area contributed by atoms with E-state index in [1.54, 1.807) is 7.11 Å². The van der Waals surface area contributed by atoms with E-state index >= 15 is 0 Å². The second kappa shape index (κ2) is 5.36. The van der Waals surface area contributed by atoms with Crippen LogP contribution < -0.4 is 0 Å². The summed E-state index contributed by atoms with van der Waals surface area (Å²) < 4.78 is 23.1. The van der Waals surface area contributed by atoms with E-state index in [4.69, 9.17) is 18.6 Å². The van der Waals surface area contributed by atoms with Gasteiger partial charge in [0.2, 0.25) is 0 Å². The molecule has 0 spiro atoms. The van der Waals surface area contributed by atoms with Crippen molar-refractivity contribution in [3.8, 4) is 0 Å². The van der Waals surface area contributed by atoms with E-state index in [2.05, 4.69) is 40.8 Å². The number of hydrogen-bond donors (Lipinski definition) is 0. The second-order valence-corrected chi connectivity index (χ2v) is 12.6. The summed E-state index contributed by atoms with van der Waals surface area (Å²) in [4.78, 5) is 0. The fourth-order valence-electron chi connectivity index (χ4n) is 2.75. The first kappa shape index (κ1) is 16.4. The summed E-state index contributed by atoms with van der Waals surface area (Å²) in [5, 5.41) is 0.235. The Balaban J connectivity index is 1.95. The minimum Gasteiger partial charge on any atom is -0.416 e. The lowest BCUT2D eigenvalue weighted by atomic mass is 9.96. The third-order valence-corrected chi connectivity index (χ3v) is 9.94. The molecule has 0 aromatic carbocycles. The van der Waals surface area contributed by atoms with Crippen molar-refractivity contribution < 1.29 is 18.6 Å². The van der Waals surface area contributed by atoms with Gasteiger partial charge in [-0.3, -0.25) is 0 Å². The topological polar surface area (TPSA) is 40.2 Å². The van der Waals surface area contributed by atoms with E-state index in [1.165, 1.54) is 0 Å². The Labute approximate surface area is 124 Å². The van der Waals surface area contributed by atoms with Gasteiger partial charge in [-0.25, -0.2) is 0 Å². The van der Waals surface area contributed by atoms with E-state index in [9.17, 15) is 0 Å². The number of ether oxygens (including phenoxy) is 3. The zero-order valence-electron chi connectivity index (χ0n) is 14.0. The van der Waals surface area contributed by atoms with Gasteiger partial charge in [-0.05, 0) is 25.1 Å². The normalized spacial score (nSPS) is 37.0. The molecule has 2 fully saturated rings. The Morgan fingerprint density at radius 3 is 2.50 bits per heavy atom. The summed E-state index contributed by atoms with van der Waals surface area (Å²) in [7, 11) is -0.0579. The van der Waals surface area contributed by atoms with Crippen molar-refractivity contribution in [3.05, 3.63) is 0 Å². The molecule has 1 aliphatic heterocycles. The van der Waals surface area contributed by atoms with E-state index in [0.717, 1.165) is 13.0 Å². The highest BCUT2D eigenvalue weighted by molar-refractivity contribution is 6.74. The van der Waals surface area contributed by atoms with Crippen LogP contribution in [0.25, 0.3) is 0 Å². The zero-order valence-corrected chi connectivity index (χ0v) is 15.0. The number of fused-ring (bicyclic) bond motifs is 1. The van der Waals surface area contributed by atoms with Crippen molar-refractivity contribution in [2.24, 2.45) is 5.92 Å². The minimum absolute atomic E-state index is 0.0409. The lowest BCUT2D eigenvalue weighted by molar-refractivity contribution is -0.108. The van der Waals surface area contributed by atoms with Crippen LogP contribution in [-0.4, -0.2) is 46.6 Å². The molecule has 1 saturated carbocycles. The fraction of sp³-hybridized carbons (Fsp3) is 1.00. The van der Waals surface area contributed by atoms with E-state index in [1.807, 2.05) is 0 Å². The fourth-order valence-corrected chi connectivity index (χ4v) is 3.78. The number of rotatable bonds is 6.